The Balaban J connectivity index is 1.49. The van der Waals surface area contributed by atoms with Crippen molar-refractivity contribution in [3.05, 3.63) is 65.2 Å². The fraction of sp³-hybridized carbons (Fsp3) is 0.391. The zero-order chi connectivity index (χ0) is 21.3. The van der Waals surface area contributed by atoms with E-state index in [4.69, 9.17) is 11.6 Å². The molecular formula is C23H29ClN4O2. The summed E-state index contributed by atoms with van der Waals surface area (Å²) in [5, 5.41) is 9.45. The summed E-state index contributed by atoms with van der Waals surface area (Å²) in [4.78, 5) is 27.0. The van der Waals surface area contributed by atoms with E-state index in [9.17, 15) is 9.59 Å². The van der Waals surface area contributed by atoms with Gasteiger partial charge in [0.2, 0.25) is 5.91 Å². The molecule has 7 heteroatoms. The minimum atomic E-state index is -0.233. The van der Waals surface area contributed by atoms with Crippen molar-refractivity contribution in [3.8, 4) is 0 Å². The average Bonchev–Trinajstić information content (AvgIpc) is 2.74. The average molecular weight is 429 g/mol. The predicted octanol–water partition coefficient (Wildman–Crippen LogP) is 4.19. The smallest absolute Gasteiger partial charge is 0.319 e. The van der Waals surface area contributed by atoms with Crippen LogP contribution in [0.4, 0.5) is 10.5 Å². The SMILES string of the molecule is CC(NC(=O)CN1CCCCC1CNC(=O)Nc1ccccc1)c1ccccc1Cl. The van der Waals surface area contributed by atoms with E-state index in [1.54, 1.807) is 0 Å². The van der Waals surface area contributed by atoms with Gasteiger partial charge in [-0.15, -0.1) is 0 Å². The minimum Gasteiger partial charge on any atom is -0.348 e. The molecule has 0 spiro atoms. The number of carbonyl (C=O) groups excluding carboxylic acids is 2. The van der Waals surface area contributed by atoms with Crippen LogP contribution in [0.25, 0.3) is 0 Å². The number of nitrogens with one attached hydrogen (secondary N) is 3. The number of hydrogen-bond acceptors (Lipinski definition) is 3. The first kappa shape index (κ1) is 22.1. The summed E-state index contributed by atoms with van der Waals surface area (Å²) < 4.78 is 0. The van der Waals surface area contributed by atoms with E-state index < -0.39 is 0 Å². The molecule has 1 saturated heterocycles. The molecule has 0 aliphatic carbocycles. The number of urea groups is 1. The highest BCUT2D eigenvalue weighted by Crippen LogP contribution is 2.22. The van der Waals surface area contributed by atoms with Crippen molar-refractivity contribution in [1.29, 1.82) is 0 Å². The number of carbonyl (C=O) groups is 2. The molecule has 0 bridgehead atoms. The van der Waals surface area contributed by atoms with E-state index >= 15 is 0 Å². The molecule has 0 aromatic heterocycles. The van der Waals surface area contributed by atoms with Crippen molar-refractivity contribution in [2.75, 3.05) is 25.0 Å². The fourth-order valence-corrected chi connectivity index (χ4v) is 4.08. The highest BCUT2D eigenvalue weighted by Gasteiger charge is 2.25. The van der Waals surface area contributed by atoms with Crippen molar-refractivity contribution >= 4 is 29.2 Å². The van der Waals surface area contributed by atoms with Gasteiger partial charge in [-0.25, -0.2) is 4.79 Å². The Labute approximate surface area is 183 Å². The first-order valence-electron chi connectivity index (χ1n) is 10.4. The van der Waals surface area contributed by atoms with Crippen LogP contribution in [-0.2, 0) is 4.79 Å². The number of benzene rings is 2. The molecule has 3 amide bonds. The maximum Gasteiger partial charge on any atom is 0.319 e. The topological polar surface area (TPSA) is 73.5 Å². The van der Waals surface area contributed by atoms with E-state index in [1.807, 2.05) is 61.5 Å². The molecule has 2 atom stereocenters. The number of rotatable bonds is 7. The summed E-state index contributed by atoms with van der Waals surface area (Å²) in [6.45, 7) is 3.59. The number of para-hydroxylation sites is 1. The van der Waals surface area contributed by atoms with Gasteiger partial charge in [0.05, 0.1) is 12.6 Å². The van der Waals surface area contributed by atoms with Gasteiger partial charge in [-0.2, -0.15) is 0 Å². The van der Waals surface area contributed by atoms with Crippen molar-refractivity contribution in [2.45, 2.75) is 38.3 Å². The number of halogens is 1. The molecule has 1 aliphatic heterocycles. The first-order valence-corrected chi connectivity index (χ1v) is 10.8. The Hall–Kier alpha value is -2.57. The van der Waals surface area contributed by atoms with E-state index in [1.165, 1.54) is 0 Å². The second kappa shape index (κ2) is 11.0. The molecule has 2 aromatic rings. The maximum atomic E-state index is 12.6. The number of anilines is 1. The lowest BCUT2D eigenvalue weighted by atomic mass is 10.0. The number of amides is 3. The van der Waals surface area contributed by atoms with Gasteiger partial charge in [-0.3, -0.25) is 9.69 Å². The Morgan fingerprint density at radius 3 is 2.60 bits per heavy atom. The number of piperidine rings is 1. The Morgan fingerprint density at radius 1 is 1.10 bits per heavy atom. The van der Waals surface area contributed by atoms with Crippen LogP contribution >= 0.6 is 11.6 Å². The summed E-state index contributed by atoms with van der Waals surface area (Å²) in [5.74, 6) is -0.0388. The lowest BCUT2D eigenvalue weighted by Gasteiger charge is -2.35. The molecule has 0 saturated carbocycles. The maximum absolute atomic E-state index is 12.6. The monoisotopic (exact) mass is 428 g/mol. The lowest BCUT2D eigenvalue weighted by molar-refractivity contribution is -0.123. The minimum absolute atomic E-state index is 0.0388. The van der Waals surface area contributed by atoms with Crippen LogP contribution < -0.4 is 16.0 Å². The molecule has 0 radical (unpaired) electrons. The molecule has 3 N–H and O–H groups in total. The van der Waals surface area contributed by atoms with Gasteiger partial charge < -0.3 is 16.0 Å². The number of nitrogens with zero attached hydrogens (tertiary/aromatic N) is 1. The van der Waals surface area contributed by atoms with Gasteiger partial charge in [-0.1, -0.05) is 54.4 Å². The molecule has 1 heterocycles. The number of hydrogen-bond donors (Lipinski definition) is 3. The van der Waals surface area contributed by atoms with E-state index in [0.29, 0.717) is 18.1 Å². The van der Waals surface area contributed by atoms with Gasteiger partial charge in [0.25, 0.3) is 0 Å². The van der Waals surface area contributed by atoms with Crippen molar-refractivity contribution in [2.24, 2.45) is 0 Å². The number of likely N-dealkylation sites (tertiary alicyclic amines) is 1. The van der Waals surface area contributed by atoms with E-state index in [2.05, 4.69) is 20.9 Å². The zero-order valence-corrected chi connectivity index (χ0v) is 18.0. The molecule has 3 rings (SSSR count). The van der Waals surface area contributed by atoms with E-state index in [0.717, 1.165) is 37.1 Å². The third kappa shape index (κ3) is 6.47. The second-order valence-electron chi connectivity index (χ2n) is 7.63. The van der Waals surface area contributed by atoms with Crippen LogP contribution in [0.5, 0.6) is 0 Å². The molecule has 1 fully saturated rings. The molecule has 30 heavy (non-hydrogen) atoms. The summed E-state index contributed by atoms with van der Waals surface area (Å²) in [6, 6.07) is 16.6. The summed E-state index contributed by atoms with van der Waals surface area (Å²) in [7, 11) is 0. The molecule has 6 nitrogen and oxygen atoms in total. The van der Waals surface area contributed by atoms with Gasteiger partial charge in [0.15, 0.2) is 0 Å². The molecule has 2 unspecified atom stereocenters. The van der Waals surface area contributed by atoms with Crippen LogP contribution in [0, 0.1) is 0 Å². The molecule has 2 aromatic carbocycles. The standard InChI is InChI=1S/C23H29ClN4O2/c1-17(20-12-5-6-13-21(20)24)26-22(29)16-28-14-8-7-11-19(28)15-25-23(30)27-18-9-3-2-4-10-18/h2-6,9-10,12-13,17,19H,7-8,11,14-16H2,1H3,(H,26,29)(H2,25,27,30). The highest BCUT2D eigenvalue weighted by molar-refractivity contribution is 6.31. The Morgan fingerprint density at radius 2 is 1.83 bits per heavy atom. The Bertz CT molecular complexity index is 846. The molecule has 160 valence electrons. The summed E-state index contributed by atoms with van der Waals surface area (Å²) >= 11 is 6.24. The highest BCUT2D eigenvalue weighted by atomic mass is 35.5. The van der Waals surface area contributed by atoms with Gasteiger partial charge in [0.1, 0.15) is 0 Å². The first-order chi connectivity index (χ1) is 14.5. The van der Waals surface area contributed by atoms with Crippen molar-refractivity contribution in [1.82, 2.24) is 15.5 Å². The normalized spacial score (nSPS) is 17.7. The third-order valence-electron chi connectivity index (χ3n) is 5.37. The largest absolute Gasteiger partial charge is 0.348 e. The Kier molecular flexibility index (Phi) is 8.11. The summed E-state index contributed by atoms with van der Waals surface area (Å²) in [6.07, 6.45) is 3.11. The van der Waals surface area contributed by atoms with Crippen LogP contribution in [0.3, 0.4) is 0 Å². The van der Waals surface area contributed by atoms with Gasteiger partial charge in [0, 0.05) is 23.3 Å². The quantitative estimate of drug-likeness (QED) is 0.619. The predicted molar refractivity (Wildman–Crippen MR) is 121 cm³/mol. The lowest BCUT2D eigenvalue weighted by Crippen LogP contribution is -2.50. The van der Waals surface area contributed by atoms with Crippen LogP contribution in [0.1, 0.15) is 37.8 Å². The van der Waals surface area contributed by atoms with Gasteiger partial charge in [-0.05, 0) is 50.1 Å². The fourth-order valence-electron chi connectivity index (χ4n) is 3.78. The van der Waals surface area contributed by atoms with Crippen LogP contribution in [0.15, 0.2) is 54.6 Å². The second-order valence-corrected chi connectivity index (χ2v) is 8.04. The van der Waals surface area contributed by atoms with Crippen molar-refractivity contribution in [3.63, 3.8) is 0 Å². The molecular weight excluding hydrogens is 400 g/mol. The van der Waals surface area contributed by atoms with Crippen LogP contribution in [-0.4, -0.2) is 42.5 Å². The third-order valence-corrected chi connectivity index (χ3v) is 5.72. The van der Waals surface area contributed by atoms with Crippen LogP contribution in [0.2, 0.25) is 5.02 Å². The van der Waals surface area contributed by atoms with Gasteiger partial charge >= 0.3 is 6.03 Å². The van der Waals surface area contributed by atoms with E-state index in [-0.39, 0.29) is 24.0 Å². The zero-order valence-electron chi connectivity index (χ0n) is 17.2. The molecule has 1 aliphatic rings. The van der Waals surface area contributed by atoms with Crippen molar-refractivity contribution < 1.29 is 9.59 Å². The summed E-state index contributed by atoms with van der Waals surface area (Å²) in [5.41, 5.74) is 1.66.